The monoisotopic (exact) mass is 189 g/mol. The molecule has 0 atom stereocenters. The van der Waals surface area contributed by atoms with Gasteiger partial charge in [0.05, 0.1) is 0 Å². The fourth-order valence-electron chi connectivity index (χ4n) is 0.426. The number of hydrogen-bond donors (Lipinski definition) is 0. The van der Waals surface area contributed by atoms with E-state index in [9.17, 15) is 0 Å². The molecule has 2 nitrogen and oxygen atoms in total. The van der Waals surface area contributed by atoms with Crippen LogP contribution in [0.4, 0.5) is 0 Å². The Labute approximate surface area is 66.4 Å². The molecule has 0 saturated carbocycles. The molecule has 9 heavy (non-hydrogen) atoms. The molecule has 0 radical (unpaired) electrons. The summed E-state index contributed by atoms with van der Waals surface area (Å²) in [5, 5.41) is 1.71. The Morgan fingerprint density at radius 1 is 1.33 bits per heavy atom. The summed E-state index contributed by atoms with van der Waals surface area (Å²) in [5.74, 6) is 0. The molecule has 0 N–H and O–H groups in total. The van der Waals surface area contributed by atoms with Crippen molar-refractivity contribution in [1.29, 1.82) is 0 Å². The van der Waals surface area contributed by atoms with Crippen LogP contribution in [0.5, 0.6) is 0 Å². The lowest BCUT2D eigenvalue weighted by Gasteiger charge is -2.16. The van der Waals surface area contributed by atoms with E-state index in [4.69, 9.17) is 27.1 Å². The second-order valence-corrected chi connectivity index (χ2v) is 4.33. The highest BCUT2D eigenvalue weighted by Gasteiger charge is 2.04. The van der Waals surface area contributed by atoms with Crippen LogP contribution in [-0.2, 0) is 4.62 Å². The first-order valence-electron chi connectivity index (χ1n) is 2.75. The number of nitrogens with zero attached hydrogens (tertiary/aromatic N) is 1. The highest BCUT2D eigenvalue weighted by molar-refractivity contribution is 8.00. The Balaban J connectivity index is 3.31. The van der Waals surface area contributed by atoms with Gasteiger partial charge in [0.2, 0.25) is 6.85 Å². The van der Waals surface area contributed by atoms with Gasteiger partial charge in [-0.25, -0.2) is 4.62 Å². The Morgan fingerprint density at radius 2 is 1.78 bits per heavy atom. The molecule has 0 fully saturated rings. The van der Waals surface area contributed by atoms with Gasteiger partial charge in [0.15, 0.2) is 0 Å². The van der Waals surface area contributed by atoms with Crippen molar-refractivity contribution in [3.05, 3.63) is 0 Å². The Bertz CT molecular complexity index is 69.6. The van der Waals surface area contributed by atoms with Crippen LogP contribution in [0.25, 0.3) is 0 Å². The lowest BCUT2D eigenvalue weighted by molar-refractivity contribution is -0.0316. The number of rotatable bonds is 4. The third kappa shape index (κ3) is 5.38. The molecule has 0 heterocycles. The van der Waals surface area contributed by atoms with Crippen molar-refractivity contribution in [3.8, 4) is 0 Å². The average molecular weight is 190 g/mol. The molecule has 0 amide bonds. The SMILES string of the molecule is CCN(CC)OP(Cl)Cl. The zero-order chi connectivity index (χ0) is 7.28. The first-order chi connectivity index (χ1) is 4.20. The Kier molecular flexibility index (Phi) is 6.28. The van der Waals surface area contributed by atoms with Crippen LogP contribution < -0.4 is 0 Å². The van der Waals surface area contributed by atoms with Crippen LogP contribution in [0.3, 0.4) is 0 Å². The lowest BCUT2D eigenvalue weighted by Crippen LogP contribution is -2.19. The van der Waals surface area contributed by atoms with Gasteiger partial charge in [-0.15, -0.1) is 0 Å². The molecule has 56 valence electrons. The molecule has 0 aromatic rings. The van der Waals surface area contributed by atoms with Crippen LogP contribution in [0, 0.1) is 0 Å². The van der Waals surface area contributed by atoms with Crippen LogP contribution in [0.2, 0.25) is 0 Å². The van der Waals surface area contributed by atoms with Crippen molar-refractivity contribution >= 4 is 29.3 Å². The highest BCUT2D eigenvalue weighted by Crippen LogP contribution is 2.48. The molecule has 0 aliphatic rings. The smallest absolute Gasteiger partial charge is 0.244 e. The molecular formula is C4H10Cl2NOP. The molecule has 0 aliphatic heterocycles. The van der Waals surface area contributed by atoms with E-state index in [2.05, 4.69) is 0 Å². The molecule has 0 saturated heterocycles. The van der Waals surface area contributed by atoms with Crippen molar-refractivity contribution in [2.75, 3.05) is 13.1 Å². The van der Waals surface area contributed by atoms with Gasteiger partial charge in [0.1, 0.15) is 0 Å². The van der Waals surface area contributed by atoms with Crippen LogP contribution in [-0.4, -0.2) is 18.2 Å². The molecule has 0 rings (SSSR count). The summed E-state index contributed by atoms with van der Waals surface area (Å²) in [7, 11) is 0. The Morgan fingerprint density at radius 3 is 1.89 bits per heavy atom. The van der Waals surface area contributed by atoms with E-state index >= 15 is 0 Å². The van der Waals surface area contributed by atoms with E-state index in [1.165, 1.54) is 0 Å². The number of halogens is 2. The summed E-state index contributed by atoms with van der Waals surface area (Å²) in [6.45, 7) is 4.31. The fraction of sp³-hybridized carbons (Fsp3) is 1.00. The molecular weight excluding hydrogens is 180 g/mol. The molecule has 0 unspecified atom stereocenters. The topological polar surface area (TPSA) is 12.5 Å². The quantitative estimate of drug-likeness (QED) is 0.499. The normalized spacial score (nSPS) is 11.3. The van der Waals surface area contributed by atoms with Gasteiger partial charge >= 0.3 is 0 Å². The predicted molar refractivity (Wildman–Crippen MR) is 42.6 cm³/mol. The minimum Gasteiger partial charge on any atom is -0.244 e. The molecule has 0 spiro atoms. The highest BCUT2D eigenvalue weighted by atomic mass is 35.9. The van der Waals surface area contributed by atoms with Crippen LogP contribution >= 0.6 is 29.3 Å². The van der Waals surface area contributed by atoms with Gasteiger partial charge in [-0.3, -0.25) is 0 Å². The van der Waals surface area contributed by atoms with E-state index in [0.29, 0.717) is 0 Å². The first kappa shape index (κ1) is 9.93. The van der Waals surface area contributed by atoms with Gasteiger partial charge in [-0.2, -0.15) is 5.06 Å². The third-order valence-corrected chi connectivity index (χ3v) is 1.61. The van der Waals surface area contributed by atoms with Gasteiger partial charge in [0.25, 0.3) is 0 Å². The molecule has 0 aromatic carbocycles. The van der Waals surface area contributed by atoms with E-state index in [-0.39, 0.29) is 0 Å². The maximum atomic E-state index is 5.40. The van der Waals surface area contributed by atoms with Crippen LogP contribution in [0.1, 0.15) is 13.8 Å². The summed E-state index contributed by atoms with van der Waals surface area (Å²) < 4.78 is 4.98. The van der Waals surface area contributed by atoms with E-state index in [1.54, 1.807) is 5.06 Å². The summed E-state index contributed by atoms with van der Waals surface area (Å²) in [6.07, 6.45) is 0. The van der Waals surface area contributed by atoms with E-state index in [1.807, 2.05) is 13.8 Å². The third-order valence-electron chi connectivity index (χ3n) is 0.883. The van der Waals surface area contributed by atoms with Gasteiger partial charge in [-0.05, 0) is 22.5 Å². The molecule has 0 aliphatic carbocycles. The van der Waals surface area contributed by atoms with Gasteiger partial charge < -0.3 is 0 Å². The van der Waals surface area contributed by atoms with Gasteiger partial charge in [-0.1, -0.05) is 13.8 Å². The van der Waals surface area contributed by atoms with Crippen molar-refractivity contribution in [2.45, 2.75) is 13.8 Å². The maximum Gasteiger partial charge on any atom is 0.246 e. The van der Waals surface area contributed by atoms with Crippen molar-refractivity contribution < 1.29 is 4.62 Å². The minimum atomic E-state index is -1.28. The summed E-state index contributed by atoms with van der Waals surface area (Å²) in [6, 6.07) is 0. The lowest BCUT2D eigenvalue weighted by atomic mass is 10.6. The van der Waals surface area contributed by atoms with Crippen LogP contribution in [0.15, 0.2) is 0 Å². The van der Waals surface area contributed by atoms with Crippen molar-refractivity contribution in [2.24, 2.45) is 0 Å². The zero-order valence-corrected chi connectivity index (χ0v) is 7.88. The van der Waals surface area contributed by atoms with E-state index in [0.717, 1.165) is 13.1 Å². The largest absolute Gasteiger partial charge is 0.246 e. The standard InChI is InChI=1S/C4H10Cl2NOP/c1-3-7(4-2)8-9(5)6/h3-4H2,1-2H3. The predicted octanol–water partition coefficient (Wildman–Crippen LogP) is 2.96. The summed E-state index contributed by atoms with van der Waals surface area (Å²) in [4.78, 5) is 0. The minimum absolute atomic E-state index is 0.814. The summed E-state index contributed by atoms with van der Waals surface area (Å²) in [5.41, 5.74) is 0. The van der Waals surface area contributed by atoms with Crippen molar-refractivity contribution in [3.63, 3.8) is 0 Å². The molecule has 5 heteroatoms. The Hall–Kier alpha value is 0.930. The van der Waals surface area contributed by atoms with E-state index < -0.39 is 6.85 Å². The first-order valence-corrected chi connectivity index (χ1v) is 5.82. The fourth-order valence-corrected chi connectivity index (χ4v) is 1.36. The second-order valence-electron chi connectivity index (χ2n) is 1.40. The second kappa shape index (κ2) is 5.70. The molecule has 0 bridgehead atoms. The number of hydroxylamine groups is 2. The average Bonchev–Trinajstić information content (AvgIpc) is 1.82. The zero-order valence-electron chi connectivity index (χ0n) is 5.47. The number of hydrogen-bond acceptors (Lipinski definition) is 2. The van der Waals surface area contributed by atoms with Crippen molar-refractivity contribution in [1.82, 2.24) is 5.06 Å². The maximum absolute atomic E-state index is 5.40. The molecule has 0 aromatic heterocycles. The van der Waals surface area contributed by atoms with Gasteiger partial charge in [0, 0.05) is 13.1 Å². The summed E-state index contributed by atoms with van der Waals surface area (Å²) >= 11 is 10.8.